The predicted octanol–water partition coefficient (Wildman–Crippen LogP) is 3.50. The smallest absolute Gasteiger partial charge is 0.254 e. The van der Waals surface area contributed by atoms with Crippen molar-refractivity contribution in [2.24, 2.45) is 7.05 Å². The maximum absolute atomic E-state index is 13.0. The number of carbonyl (C=O) groups is 1. The SMILES string of the molecule is Cc1nc2c3c(c(C(=O)N4CC4)cc2n1C)CCC1(CCc2ccccc21)O3. The highest BCUT2D eigenvalue weighted by molar-refractivity contribution is 6.02. The minimum Gasteiger partial charge on any atom is -0.480 e. The van der Waals surface area contributed by atoms with E-state index >= 15 is 0 Å². The molecule has 1 amide bonds. The molecule has 5 nitrogen and oxygen atoms in total. The Bertz CT molecular complexity index is 1160. The van der Waals surface area contributed by atoms with Crippen LogP contribution in [0.5, 0.6) is 5.75 Å². The first-order valence-electron chi connectivity index (χ1n) is 10.1. The molecular formula is C23H23N3O2. The van der Waals surface area contributed by atoms with Gasteiger partial charge in [-0.2, -0.15) is 0 Å². The zero-order chi connectivity index (χ0) is 19.0. The molecule has 0 radical (unpaired) electrons. The second-order valence-electron chi connectivity index (χ2n) is 8.36. The third-order valence-corrected chi connectivity index (χ3v) is 6.81. The summed E-state index contributed by atoms with van der Waals surface area (Å²) < 4.78 is 8.89. The van der Waals surface area contributed by atoms with Gasteiger partial charge >= 0.3 is 0 Å². The lowest BCUT2D eigenvalue weighted by Crippen LogP contribution is -2.35. The topological polar surface area (TPSA) is 47.1 Å². The molecule has 1 unspecified atom stereocenters. The van der Waals surface area contributed by atoms with Crippen LogP contribution < -0.4 is 4.74 Å². The van der Waals surface area contributed by atoms with E-state index in [4.69, 9.17) is 9.72 Å². The van der Waals surface area contributed by atoms with Gasteiger partial charge in [-0.3, -0.25) is 4.79 Å². The van der Waals surface area contributed by atoms with Crippen molar-refractivity contribution in [2.75, 3.05) is 13.1 Å². The first-order chi connectivity index (χ1) is 13.6. The second kappa shape index (κ2) is 5.37. The van der Waals surface area contributed by atoms with E-state index in [-0.39, 0.29) is 11.5 Å². The quantitative estimate of drug-likeness (QED) is 0.614. The number of imidazole rings is 1. The highest BCUT2D eigenvalue weighted by Gasteiger charge is 2.45. The van der Waals surface area contributed by atoms with Gasteiger partial charge in [0.1, 0.15) is 16.9 Å². The van der Waals surface area contributed by atoms with E-state index in [1.807, 2.05) is 24.9 Å². The van der Waals surface area contributed by atoms with Gasteiger partial charge in [-0.05, 0) is 49.8 Å². The Morgan fingerprint density at radius 3 is 2.79 bits per heavy atom. The standard InChI is InChI=1S/C23H23N3O2/c1-14-24-20-19(25(14)2)13-17(22(27)26-11-12-26)16-8-10-23(28-21(16)20)9-7-15-5-3-4-6-18(15)23/h3-6,13H,7-12H2,1-2H3. The van der Waals surface area contributed by atoms with Crippen LogP contribution in [0.3, 0.4) is 0 Å². The third kappa shape index (κ3) is 2.07. The minimum atomic E-state index is -0.288. The van der Waals surface area contributed by atoms with Gasteiger partial charge in [0.25, 0.3) is 5.91 Å². The van der Waals surface area contributed by atoms with Crippen molar-refractivity contribution in [3.63, 3.8) is 0 Å². The number of fused-ring (bicyclic) bond motifs is 5. The van der Waals surface area contributed by atoms with Crippen LogP contribution in [0.2, 0.25) is 0 Å². The van der Waals surface area contributed by atoms with E-state index in [1.165, 1.54) is 11.1 Å². The monoisotopic (exact) mass is 373 g/mol. The molecule has 2 aromatic carbocycles. The van der Waals surface area contributed by atoms with Crippen LogP contribution in [0.1, 0.15) is 45.7 Å². The summed E-state index contributed by atoms with van der Waals surface area (Å²) in [6.07, 6.45) is 3.80. The molecule has 1 aromatic heterocycles. The first-order valence-corrected chi connectivity index (χ1v) is 10.1. The summed E-state index contributed by atoms with van der Waals surface area (Å²) in [5.74, 6) is 1.89. The van der Waals surface area contributed by atoms with Crippen molar-refractivity contribution in [3.8, 4) is 5.75 Å². The lowest BCUT2D eigenvalue weighted by molar-refractivity contribution is 0.0457. The summed E-state index contributed by atoms with van der Waals surface area (Å²) in [5, 5.41) is 0. The Morgan fingerprint density at radius 2 is 1.96 bits per heavy atom. The molecule has 1 atom stereocenters. The molecule has 0 saturated carbocycles. The van der Waals surface area contributed by atoms with Crippen molar-refractivity contribution in [1.29, 1.82) is 0 Å². The van der Waals surface area contributed by atoms with Crippen LogP contribution in [0, 0.1) is 6.92 Å². The van der Waals surface area contributed by atoms with Gasteiger partial charge in [-0.25, -0.2) is 4.98 Å². The number of ether oxygens (including phenoxy) is 1. The van der Waals surface area contributed by atoms with Crippen molar-refractivity contribution in [3.05, 3.63) is 58.4 Å². The van der Waals surface area contributed by atoms with Crippen LogP contribution in [-0.2, 0) is 25.5 Å². The molecule has 3 aliphatic rings. The number of hydrogen-bond donors (Lipinski definition) is 0. The van der Waals surface area contributed by atoms with E-state index in [9.17, 15) is 4.79 Å². The molecule has 142 valence electrons. The van der Waals surface area contributed by atoms with E-state index in [2.05, 4.69) is 28.8 Å². The summed E-state index contributed by atoms with van der Waals surface area (Å²) >= 11 is 0. The maximum atomic E-state index is 13.0. The molecule has 3 aromatic rings. The largest absolute Gasteiger partial charge is 0.480 e. The second-order valence-corrected chi connectivity index (χ2v) is 8.36. The summed E-state index contributed by atoms with van der Waals surface area (Å²) in [6, 6.07) is 10.7. The van der Waals surface area contributed by atoms with Crippen LogP contribution in [0.25, 0.3) is 11.0 Å². The van der Waals surface area contributed by atoms with Gasteiger partial charge < -0.3 is 14.2 Å². The summed E-state index contributed by atoms with van der Waals surface area (Å²) in [7, 11) is 2.01. The van der Waals surface area contributed by atoms with Crippen LogP contribution in [-0.4, -0.2) is 33.4 Å². The fourth-order valence-corrected chi connectivity index (χ4v) is 5.01. The normalized spacial score (nSPS) is 22.3. The maximum Gasteiger partial charge on any atom is 0.254 e. The minimum absolute atomic E-state index is 0.128. The highest BCUT2D eigenvalue weighted by atomic mass is 16.5. The fourth-order valence-electron chi connectivity index (χ4n) is 5.01. The molecule has 0 N–H and O–H groups in total. The number of nitrogens with zero attached hydrogens (tertiary/aromatic N) is 3. The fraction of sp³-hybridized carbons (Fsp3) is 0.391. The summed E-state index contributed by atoms with van der Waals surface area (Å²) in [4.78, 5) is 19.7. The van der Waals surface area contributed by atoms with Crippen molar-refractivity contribution in [2.45, 2.75) is 38.2 Å². The third-order valence-electron chi connectivity index (χ3n) is 6.81. The molecule has 1 aliphatic carbocycles. The lowest BCUT2D eigenvalue weighted by Gasteiger charge is -2.37. The number of benzene rings is 2. The van der Waals surface area contributed by atoms with E-state index in [0.29, 0.717) is 0 Å². The number of carbonyl (C=O) groups excluding carboxylic acids is 1. The zero-order valence-corrected chi connectivity index (χ0v) is 16.3. The van der Waals surface area contributed by atoms with Gasteiger partial charge in [-0.15, -0.1) is 0 Å². The molecule has 1 spiro atoms. The van der Waals surface area contributed by atoms with E-state index in [1.54, 1.807) is 0 Å². The molecule has 1 saturated heterocycles. The number of aryl methyl sites for hydroxylation is 3. The molecule has 1 fully saturated rings. The van der Waals surface area contributed by atoms with Crippen LogP contribution >= 0.6 is 0 Å². The Hall–Kier alpha value is -2.82. The van der Waals surface area contributed by atoms with Gasteiger partial charge in [0.2, 0.25) is 0 Å². The number of aromatic nitrogens is 2. The van der Waals surface area contributed by atoms with Crippen LogP contribution in [0.4, 0.5) is 0 Å². The Balaban J connectivity index is 1.57. The molecule has 0 bridgehead atoms. The molecule has 2 aliphatic heterocycles. The van der Waals surface area contributed by atoms with Crippen molar-refractivity contribution < 1.29 is 9.53 Å². The molecular weight excluding hydrogens is 350 g/mol. The average Bonchev–Trinajstić information content (AvgIpc) is 3.46. The van der Waals surface area contributed by atoms with Crippen molar-refractivity contribution >= 4 is 16.9 Å². The molecule has 6 rings (SSSR count). The molecule has 28 heavy (non-hydrogen) atoms. The number of rotatable bonds is 1. The Morgan fingerprint density at radius 1 is 1.18 bits per heavy atom. The molecule has 5 heteroatoms. The van der Waals surface area contributed by atoms with Gasteiger partial charge in [0.15, 0.2) is 5.75 Å². The zero-order valence-electron chi connectivity index (χ0n) is 16.3. The Kier molecular flexibility index (Phi) is 3.10. The predicted molar refractivity (Wildman–Crippen MR) is 107 cm³/mol. The average molecular weight is 373 g/mol. The van der Waals surface area contributed by atoms with Crippen LogP contribution in [0.15, 0.2) is 30.3 Å². The van der Waals surface area contributed by atoms with Gasteiger partial charge in [0.05, 0.1) is 5.52 Å². The van der Waals surface area contributed by atoms with Gasteiger partial charge in [0, 0.05) is 31.3 Å². The lowest BCUT2D eigenvalue weighted by atomic mass is 9.84. The summed E-state index contributed by atoms with van der Waals surface area (Å²) in [5.41, 5.74) is 6.11. The summed E-state index contributed by atoms with van der Waals surface area (Å²) in [6.45, 7) is 3.71. The molecule has 3 heterocycles. The first kappa shape index (κ1) is 16.2. The van der Waals surface area contributed by atoms with Crippen molar-refractivity contribution in [1.82, 2.24) is 14.5 Å². The highest BCUT2D eigenvalue weighted by Crippen LogP contribution is 2.50. The Labute approximate surface area is 163 Å². The number of amides is 1. The number of hydrogen-bond acceptors (Lipinski definition) is 3. The van der Waals surface area contributed by atoms with E-state index < -0.39 is 0 Å². The van der Waals surface area contributed by atoms with Gasteiger partial charge in [-0.1, -0.05) is 24.3 Å². The van der Waals surface area contributed by atoms with E-state index in [0.717, 1.165) is 72.5 Å².